The molecule has 0 radical (unpaired) electrons. The molecule has 0 spiro atoms. The zero-order valence-corrected chi connectivity index (χ0v) is 15.8. The van der Waals surface area contributed by atoms with Crippen LogP contribution in [0.25, 0.3) is 0 Å². The highest BCUT2D eigenvalue weighted by molar-refractivity contribution is 9.10. The Bertz CT molecular complexity index is 1060. The Morgan fingerprint density at radius 3 is 2.85 bits per heavy atom. The van der Waals surface area contributed by atoms with E-state index in [-0.39, 0.29) is 29.4 Å². The van der Waals surface area contributed by atoms with Gasteiger partial charge in [0.05, 0.1) is 25.2 Å². The maximum Gasteiger partial charge on any atom is 0.285 e. The number of amidine groups is 1. The third-order valence-corrected chi connectivity index (χ3v) is 5.44. The monoisotopic (exact) mass is 432 g/mol. The maximum atomic E-state index is 12.2. The van der Waals surface area contributed by atoms with Crippen molar-refractivity contribution in [2.24, 2.45) is 9.50 Å². The molecule has 0 saturated carbocycles. The van der Waals surface area contributed by atoms with Crippen LogP contribution < -0.4 is 0 Å². The fraction of sp³-hybridized carbons (Fsp3) is 0.118. The summed E-state index contributed by atoms with van der Waals surface area (Å²) >= 11 is 3.32. The van der Waals surface area contributed by atoms with Crippen LogP contribution in [0.5, 0.6) is 5.75 Å². The summed E-state index contributed by atoms with van der Waals surface area (Å²) in [5.74, 6) is 0.181. The van der Waals surface area contributed by atoms with Crippen LogP contribution >= 0.6 is 15.9 Å². The number of hydrazone groups is 1. The van der Waals surface area contributed by atoms with Gasteiger partial charge in [-0.25, -0.2) is 5.01 Å². The second-order valence-corrected chi connectivity index (χ2v) is 7.85. The van der Waals surface area contributed by atoms with Crippen LogP contribution in [0.15, 0.2) is 61.3 Å². The number of sulfonamides is 1. The molecule has 2 aromatic rings. The first kappa shape index (κ1) is 18.1. The van der Waals surface area contributed by atoms with Crippen molar-refractivity contribution in [2.45, 2.75) is 11.3 Å². The number of hydrogen-bond acceptors (Lipinski definition) is 6. The first-order valence-electron chi connectivity index (χ1n) is 7.54. The van der Waals surface area contributed by atoms with Crippen molar-refractivity contribution in [1.29, 1.82) is 5.26 Å². The normalized spacial score (nSPS) is 14.7. The quantitative estimate of drug-likeness (QED) is 0.590. The molecule has 132 valence electrons. The molecule has 1 heterocycles. The summed E-state index contributed by atoms with van der Waals surface area (Å²) in [6, 6.07) is 13.3. The van der Waals surface area contributed by atoms with Gasteiger partial charge >= 0.3 is 0 Å². The second kappa shape index (κ2) is 7.27. The summed E-state index contributed by atoms with van der Waals surface area (Å²) in [6.45, 7) is 0.157. The number of phenolic OH excluding ortho intramolecular Hbond substituents is 1. The Morgan fingerprint density at radius 2 is 2.08 bits per heavy atom. The van der Waals surface area contributed by atoms with Gasteiger partial charge in [0.1, 0.15) is 10.6 Å². The molecule has 0 fully saturated rings. The zero-order valence-electron chi connectivity index (χ0n) is 13.4. The molecule has 0 atom stereocenters. The summed E-state index contributed by atoms with van der Waals surface area (Å²) in [5.41, 5.74) is 0.872. The summed E-state index contributed by atoms with van der Waals surface area (Å²) in [6.07, 6.45) is 1.52. The number of benzene rings is 2. The molecule has 1 N–H and O–H groups in total. The van der Waals surface area contributed by atoms with E-state index in [0.717, 1.165) is 4.47 Å². The fourth-order valence-corrected chi connectivity index (χ4v) is 3.99. The number of nitriles is 1. The number of halogens is 1. The van der Waals surface area contributed by atoms with Crippen molar-refractivity contribution >= 4 is 38.0 Å². The molecule has 0 saturated heterocycles. The van der Waals surface area contributed by atoms with Crippen molar-refractivity contribution in [3.8, 4) is 11.8 Å². The van der Waals surface area contributed by atoms with E-state index in [9.17, 15) is 13.5 Å². The minimum Gasteiger partial charge on any atom is -0.507 e. The molecule has 9 heteroatoms. The minimum absolute atomic E-state index is 0.0264. The predicted octanol–water partition coefficient (Wildman–Crippen LogP) is 2.85. The Labute approximate surface area is 159 Å². The van der Waals surface area contributed by atoms with E-state index >= 15 is 0 Å². The zero-order chi connectivity index (χ0) is 18.7. The molecule has 0 unspecified atom stereocenters. The molecule has 2 aromatic carbocycles. The predicted molar refractivity (Wildman–Crippen MR) is 101 cm³/mol. The van der Waals surface area contributed by atoms with Gasteiger partial charge in [-0.1, -0.05) is 28.1 Å². The Kier molecular flexibility index (Phi) is 5.06. The lowest BCUT2D eigenvalue weighted by Crippen LogP contribution is -2.27. The van der Waals surface area contributed by atoms with E-state index in [1.54, 1.807) is 30.3 Å². The third-order valence-electron chi connectivity index (χ3n) is 3.62. The fourth-order valence-electron chi connectivity index (χ4n) is 2.41. The third kappa shape index (κ3) is 3.61. The molecule has 3 rings (SSSR count). The van der Waals surface area contributed by atoms with Gasteiger partial charge in [-0.3, -0.25) is 0 Å². The maximum absolute atomic E-state index is 12.2. The number of hydrogen-bond donors (Lipinski definition) is 1. The number of phenols is 1. The molecule has 0 aromatic heterocycles. The second-order valence-electron chi connectivity index (χ2n) is 5.37. The van der Waals surface area contributed by atoms with Gasteiger partial charge in [0.25, 0.3) is 10.0 Å². The largest absolute Gasteiger partial charge is 0.507 e. The van der Waals surface area contributed by atoms with Crippen LogP contribution in [0.2, 0.25) is 0 Å². The number of aromatic hydroxyl groups is 1. The van der Waals surface area contributed by atoms with Crippen LogP contribution in [0.3, 0.4) is 0 Å². The summed E-state index contributed by atoms with van der Waals surface area (Å²) in [5, 5.41) is 24.4. The van der Waals surface area contributed by atoms with Crippen molar-refractivity contribution < 1.29 is 13.5 Å². The molecule has 1 aliphatic heterocycles. The smallest absolute Gasteiger partial charge is 0.285 e. The molecule has 0 aliphatic carbocycles. The van der Waals surface area contributed by atoms with Crippen molar-refractivity contribution in [3.63, 3.8) is 0 Å². The first-order valence-corrected chi connectivity index (χ1v) is 9.77. The van der Waals surface area contributed by atoms with E-state index < -0.39 is 10.0 Å². The van der Waals surface area contributed by atoms with Gasteiger partial charge in [0, 0.05) is 15.6 Å². The van der Waals surface area contributed by atoms with Crippen molar-refractivity contribution in [3.05, 3.63) is 58.1 Å². The topological polar surface area (TPSA) is 106 Å². The average Bonchev–Trinajstić information content (AvgIpc) is 2.89. The van der Waals surface area contributed by atoms with E-state index in [0.29, 0.717) is 11.1 Å². The van der Waals surface area contributed by atoms with Gasteiger partial charge in [-0.15, -0.1) is 4.40 Å². The molecule has 26 heavy (non-hydrogen) atoms. The van der Waals surface area contributed by atoms with Crippen LogP contribution in [-0.4, -0.2) is 37.1 Å². The Balaban J connectivity index is 2.01. The Hall–Kier alpha value is -2.70. The van der Waals surface area contributed by atoms with Crippen molar-refractivity contribution in [2.75, 3.05) is 6.54 Å². The SMILES string of the molecule is N#CCCN(/N=C\c1cc(Br)ccc1O)C1=NS(=O)(=O)c2ccccc21. The minimum atomic E-state index is -3.79. The standard InChI is InChI=1S/C17H13BrN4O3S/c18-13-6-7-15(23)12(10-13)11-20-22(9-3-8-19)17-14-4-1-2-5-16(14)26(24,25)21-17/h1-2,4-7,10-11,23H,3,9H2/b20-11-. The highest BCUT2D eigenvalue weighted by atomic mass is 79.9. The highest BCUT2D eigenvalue weighted by Gasteiger charge is 2.31. The van der Waals surface area contributed by atoms with Crippen molar-refractivity contribution in [1.82, 2.24) is 5.01 Å². The lowest BCUT2D eigenvalue weighted by Gasteiger charge is -2.17. The summed E-state index contributed by atoms with van der Waals surface area (Å²) in [4.78, 5) is 0.109. The van der Waals surface area contributed by atoms with Gasteiger partial charge < -0.3 is 5.11 Å². The highest BCUT2D eigenvalue weighted by Crippen LogP contribution is 2.28. The molecule has 0 bridgehead atoms. The summed E-state index contributed by atoms with van der Waals surface area (Å²) in [7, 11) is -3.79. The molecule has 1 aliphatic rings. The number of rotatable bonds is 4. The van der Waals surface area contributed by atoms with E-state index in [1.165, 1.54) is 23.4 Å². The Morgan fingerprint density at radius 1 is 1.31 bits per heavy atom. The summed E-state index contributed by atoms with van der Waals surface area (Å²) < 4.78 is 29.0. The van der Waals surface area contributed by atoms with Gasteiger partial charge in [-0.05, 0) is 30.3 Å². The molecule has 0 amide bonds. The van der Waals surface area contributed by atoms with E-state index in [1.807, 2.05) is 6.07 Å². The lowest BCUT2D eigenvalue weighted by molar-refractivity contribution is 0.456. The van der Waals surface area contributed by atoms with Crippen LogP contribution in [-0.2, 0) is 10.0 Å². The van der Waals surface area contributed by atoms with E-state index in [4.69, 9.17) is 5.26 Å². The number of fused-ring (bicyclic) bond motifs is 1. The van der Waals surface area contributed by atoms with E-state index in [2.05, 4.69) is 25.4 Å². The van der Waals surface area contributed by atoms with Gasteiger partial charge in [0.2, 0.25) is 0 Å². The molecular weight excluding hydrogens is 420 g/mol. The lowest BCUT2D eigenvalue weighted by atomic mass is 10.2. The molecular formula is C17H13BrN4O3S. The first-order chi connectivity index (χ1) is 12.4. The average molecular weight is 433 g/mol. The van der Waals surface area contributed by atoms with Crippen LogP contribution in [0.4, 0.5) is 0 Å². The van der Waals surface area contributed by atoms with Gasteiger partial charge in [0.15, 0.2) is 5.84 Å². The van der Waals surface area contributed by atoms with Crippen LogP contribution in [0, 0.1) is 11.3 Å². The number of nitrogens with zero attached hydrogens (tertiary/aromatic N) is 4. The van der Waals surface area contributed by atoms with Crippen LogP contribution in [0.1, 0.15) is 17.5 Å². The molecule has 7 nitrogen and oxygen atoms in total. The van der Waals surface area contributed by atoms with Gasteiger partial charge in [-0.2, -0.15) is 18.8 Å².